The Labute approximate surface area is 239 Å². The van der Waals surface area contributed by atoms with Crippen LogP contribution < -0.4 is 15.0 Å². The van der Waals surface area contributed by atoms with Gasteiger partial charge in [-0.15, -0.1) is 0 Å². The van der Waals surface area contributed by atoms with Gasteiger partial charge in [0.2, 0.25) is 0 Å². The Kier molecular flexibility index (Phi) is 9.35. The predicted octanol–water partition coefficient (Wildman–Crippen LogP) is 5.83. The van der Waals surface area contributed by atoms with Crippen LogP contribution in [0.5, 0.6) is 5.75 Å². The minimum absolute atomic E-state index is 0.00433. The van der Waals surface area contributed by atoms with Crippen LogP contribution in [0.3, 0.4) is 0 Å². The number of rotatable bonds is 11. The highest BCUT2D eigenvalue weighted by atomic mass is 32.2. The number of thioether (sulfide) groups is 1. The van der Waals surface area contributed by atoms with E-state index in [0.29, 0.717) is 16.9 Å². The van der Waals surface area contributed by atoms with Crippen molar-refractivity contribution in [3.05, 3.63) is 98.7 Å². The number of benzene rings is 3. The highest BCUT2D eigenvalue weighted by molar-refractivity contribution is 8.18. The molecule has 0 radical (unpaired) electrons. The van der Waals surface area contributed by atoms with Gasteiger partial charge in [-0.1, -0.05) is 18.2 Å². The van der Waals surface area contributed by atoms with Gasteiger partial charge in [0.1, 0.15) is 11.6 Å². The van der Waals surface area contributed by atoms with Gasteiger partial charge in [0.05, 0.1) is 16.4 Å². The highest BCUT2D eigenvalue weighted by Gasteiger charge is 2.35. The van der Waals surface area contributed by atoms with E-state index in [1.165, 1.54) is 54.6 Å². The molecule has 1 saturated heterocycles. The first-order valence-electron chi connectivity index (χ1n) is 12.7. The largest absolute Gasteiger partial charge is 0.483 e. The van der Waals surface area contributed by atoms with Gasteiger partial charge in [0, 0.05) is 48.2 Å². The lowest BCUT2D eigenvalue weighted by molar-refractivity contribution is -0.384. The Hall–Kier alpha value is -4.71. The number of ether oxygens (including phenoxy) is 1. The van der Waals surface area contributed by atoms with E-state index in [0.717, 1.165) is 35.4 Å². The first-order chi connectivity index (χ1) is 19.7. The molecule has 3 aromatic carbocycles. The molecule has 0 bridgehead atoms. The molecule has 0 atom stereocenters. The number of nitrogens with one attached hydrogen (secondary N) is 1. The fourth-order valence-corrected chi connectivity index (χ4v) is 4.97. The lowest BCUT2D eigenvalue weighted by Gasteiger charge is -2.22. The van der Waals surface area contributed by atoms with Crippen LogP contribution in [0.15, 0.2) is 71.6 Å². The third-order valence-electron chi connectivity index (χ3n) is 6.24. The van der Waals surface area contributed by atoms with Crippen molar-refractivity contribution in [3.63, 3.8) is 0 Å². The van der Waals surface area contributed by atoms with Crippen LogP contribution >= 0.6 is 11.8 Å². The minimum Gasteiger partial charge on any atom is -0.483 e. The van der Waals surface area contributed by atoms with E-state index in [2.05, 4.69) is 10.2 Å². The van der Waals surface area contributed by atoms with Gasteiger partial charge in [-0.25, -0.2) is 4.39 Å². The molecular formula is C29H27FN4O6S. The van der Waals surface area contributed by atoms with Crippen molar-refractivity contribution < 1.29 is 28.4 Å². The van der Waals surface area contributed by atoms with E-state index in [1.807, 2.05) is 19.9 Å². The first-order valence-corrected chi connectivity index (χ1v) is 13.6. The van der Waals surface area contributed by atoms with Crippen LogP contribution in [0.2, 0.25) is 0 Å². The molecule has 4 rings (SSSR count). The Bertz CT molecular complexity index is 1510. The van der Waals surface area contributed by atoms with E-state index < -0.39 is 34.4 Å². The quantitative estimate of drug-likeness (QED) is 0.171. The van der Waals surface area contributed by atoms with Gasteiger partial charge in [0.25, 0.3) is 22.7 Å². The van der Waals surface area contributed by atoms with Crippen LogP contribution in [-0.4, -0.2) is 46.6 Å². The minimum atomic E-state index is -0.557. The van der Waals surface area contributed by atoms with Crippen molar-refractivity contribution in [2.75, 3.05) is 29.9 Å². The Morgan fingerprint density at radius 3 is 2.51 bits per heavy atom. The third-order valence-corrected chi connectivity index (χ3v) is 7.15. The number of hydrogen-bond donors (Lipinski definition) is 1. The van der Waals surface area contributed by atoms with Crippen molar-refractivity contribution >= 4 is 52.0 Å². The number of nitro benzene ring substituents is 1. The average Bonchev–Trinajstić information content (AvgIpc) is 3.22. The summed E-state index contributed by atoms with van der Waals surface area (Å²) in [5, 5.41) is 13.2. The van der Waals surface area contributed by atoms with E-state index in [4.69, 9.17) is 4.74 Å². The monoisotopic (exact) mass is 578 g/mol. The number of nitro groups is 1. The summed E-state index contributed by atoms with van der Waals surface area (Å²) in [6, 6.07) is 16.5. The molecule has 3 aromatic rings. The molecule has 0 aromatic heterocycles. The molecule has 1 aliphatic heterocycles. The topological polar surface area (TPSA) is 122 Å². The Morgan fingerprint density at radius 2 is 1.83 bits per heavy atom. The van der Waals surface area contributed by atoms with E-state index in [9.17, 15) is 28.9 Å². The number of anilines is 2. The number of halogens is 1. The van der Waals surface area contributed by atoms with Crippen molar-refractivity contribution in [1.82, 2.24) is 4.90 Å². The van der Waals surface area contributed by atoms with Gasteiger partial charge >= 0.3 is 0 Å². The zero-order valence-corrected chi connectivity index (χ0v) is 23.2. The SMILES string of the molecule is CCN(CC)c1ccc(/C=C2/SC(=O)N(Cc3ccc(F)cc3)C2=O)c(OCC(=O)Nc2cccc([N+](=O)[O-])c2)c1. The molecule has 1 N–H and O–H groups in total. The molecule has 0 spiro atoms. The van der Waals surface area contributed by atoms with Gasteiger partial charge < -0.3 is 15.0 Å². The van der Waals surface area contributed by atoms with Crippen LogP contribution in [0.1, 0.15) is 25.0 Å². The van der Waals surface area contributed by atoms with Gasteiger partial charge in [0.15, 0.2) is 6.61 Å². The summed E-state index contributed by atoms with van der Waals surface area (Å²) < 4.78 is 19.1. The van der Waals surface area contributed by atoms with Crippen LogP contribution in [0, 0.1) is 15.9 Å². The summed E-state index contributed by atoms with van der Waals surface area (Å²) >= 11 is 0.781. The maximum absolute atomic E-state index is 13.3. The lowest BCUT2D eigenvalue weighted by atomic mass is 10.1. The first kappa shape index (κ1) is 29.3. The standard InChI is InChI=1S/C29H27FN4O6S/c1-3-32(4-2)23-13-10-20(14-26-28(36)33(29(37)41-26)17-19-8-11-21(30)12-9-19)25(16-23)40-18-27(35)31-22-6-5-7-24(15-22)34(38)39/h5-16H,3-4,17-18H2,1-2H3,(H,31,35)/b26-14+. The average molecular weight is 579 g/mol. The normalized spacial score (nSPS) is 13.9. The second-order valence-electron chi connectivity index (χ2n) is 8.93. The molecule has 3 amide bonds. The molecule has 41 heavy (non-hydrogen) atoms. The lowest BCUT2D eigenvalue weighted by Crippen LogP contribution is -2.27. The molecular weight excluding hydrogens is 551 g/mol. The van der Waals surface area contributed by atoms with Crippen LogP contribution in [0.4, 0.5) is 26.2 Å². The van der Waals surface area contributed by atoms with Gasteiger partial charge in [-0.05, 0) is 67.6 Å². The molecule has 1 fully saturated rings. The van der Waals surface area contributed by atoms with Crippen molar-refractivity contribution in [3.8, 4) is 5.75 Å². The number of nitrogens with zero attached hydrogens (tertiary/aromatic N) is 3. The zero-order chi connectivity index (χ0) is 29.5. The second kappa shape index (κ2) is 13.1. The maximum atomic E-state index is 13.3. The van der Waals surface area contributed by atoms with Crippen LogP contribution in [-0.2, 0) is 16.1 Å². The molecule has 12 heteroatoms. The van der Waals surface area contributed by atoms with Crippen molar-refractivity contribution in [2.24, 2.45) is 0 Å². The molecule has 0 saturated carbocycles. The zero-order valence-electron chi connectivity index (χ0n) is 22.3. The highest BCUT2D eigenvalue weighted by Crippen LogP contribution is 2.36. The van der Waals surface area contributed by atoms with Crippen molar-refractivity contribution in [2.45, 2.75) is 20.4 Å². The van der Waals surface area contributed by atoms with Gasteiger partial charge in [-0.3, -0.25) is 29.4 Å². The smallest absolute Gasteiger partial charge is 0.293 e. The molecule has 1 aliphatic rings. The molecule has 1 heterocycles. The number of amides is 3. The Balaban J connectivity index is 1.55. The number of carbonyl (C=O) groups excluding carboxylic acids is 3. The molecule has 10 nitrogen and oxygen atoms in total. The summed E-state index contributed by atoms with van der Waals surface area (Å²) in [7, 11) is 0. The van der Waals surface area contributed by atoms with Crippen LogP contribution in [0.25, 0.3) is 6.08 Å². The molecule has 0 unspecified atom stereocenters. The maximum Gasteiger partial charge on any atom is 0.293 e. The fourth-order valence-electron chi connectivity index (χ4n) is 4.14. The van der Waals surface area contributed by atoms with E-state index in [1.54, 1.807) is 12.1 Å². The van der Waals surface area contributed by atoms with Crippen molar-refractivity contribution in [1.29, 1.82) is 0 Å². The predicted molar refractivity (Wildman–Crippen MR) is 155 cm³/mol. The number of carbonyl (C=O) groups is 3. The summed E-state index contributed by atoms with van der Waals surface area (Å²) in [5.41, 5.74) is 2.02. The summed E-state index contributed by atoms with van der Waals surface area (Å²) in [4.78, 5) is 52.2. The fraction of sp³-hybridized carbons (Fsp3) is 0.207. The summed E-state index contributed by atoms with van der Waals surface area (Å²) in [5.74, 6) is -1.13. The second-order valence-corrected chi connectivity index (χ2v) is 9.93. The third kappa shape index (κ3) is 7.28. The number of imide groups is 1. The molecule has 212 valence electrons. The molecule has 0 aliphatic carbocycles. The summed E-state index contributed by atoms with van der Waals surface area (Å²) in [6.45, 7) is 5.06. The Morgan fingerprint density at radius 1 is 1.10 bits per heavy atom. The summed E-state index contributed by atoms with van der Waals surface area (Å²) in [6.07, 6.45) is 1.54. The van der Waals surface area contributed by atoms with E-state index in [-0.39, 0.29) is 22.8 Å². The van der Waals surface area contributed by atoms with Gasteiger partial charge in [-0.2, -0.15) is 0 Å². The number of hydrogen-bond acceptors (Lipinski definition) is 8. The number of non-ortho nitro benzene ring substituents is 1. The van der Waals surface area contributed by atoms with E-state index >= 15 is 0 Å².